The molecule has 1 amide bonds. The van der Waals surface area contributed by atoms with E-state index in [2.05, 4.69) is 10.3 Å². The van der Waals surface area contributed by atoms with Gasteiger partial charge in [0.1, 0.15) is 11.6 Å². The fraction of sp³-hybridized carbons (Fsp3) is 0.286. The molecule has 0 aliphatic heterocycles. The van der Waals surface area contributed by atoms with Crippen molar-refractivity contribution in [3.8, 4) is 11.4 Å². The van der Waals surface area contributed by atoms with E-state index >= 15 is 0 Å². The first kappa shape index (κ1) is 18.2. The van der Waals surface area contributed by atoms with Crippen LogP contribution in [0.2, 0.25) is 0 Å². The molecule has 1 heterocycles. The zero-order valence-corrected chi connectivity index (χ0v) is 15.8. The number of amides is 1. The van der Waals surface area contributed by atoms with E-state index in [0.29, 0.717) is 23.6 Å². The Labute approximate surface area is 162 Å². The van der Waals surface area contributed by atoms with Crippen molar-refractivity contribution < 1.29 is 13.9 Å². The zero-order chi connectivity index (χ0) is 19.7. The molecule has 4 rings (SSSR count). The van der Waals surface area contributed by atoms with Crippen LogP contribution in [-0.4, -0.2) is 39.0 Å². The number of methoxy groups -OCH3 is 1. The van der Waals surface area contributed by atoms with Gasteiger partial charge in [-0.3, -0.25) is 4.79 Å². The van der Waals surface area contributed by atoms with Gasteiger partial charge < -0.3 is 9.64 Å². The van der Waals surface area contributed by atoms with Crippen LogP contribution in [0.1, 0.15) is 34.6 Å². The van der Waals surface area contributed by atoms with Gasteiger partial charge in [-0.05, 0) is 61.7 Å². The minimum absolute atomic E-state index is 0.135. The molecule has 0 bridgehead atoms. The number of halogens is 1. The summed E-state index contributed by atoms with van der Waals surface area (Å²) >= 11 is 0. The Balaban J connectivity index is 1.58. The Morgan fingerprint density at radius 1 is 1.18 bits per heavy atom. The molecule has 3 aromatic rings. The lowest BCUT2D eigenvalue weighted by atomic mass is 10.2. The molecule has 1 aromatic heterocycles. The number of rotatable bonds is 6. The van der Waals surface area contributed by atoms with Crippen LogP contribution in [-0.2, 0) is 6.54 Å². The number of aromatic nitrogens is 3. The summed E-state index contributed by atoms with van der Waals surface area (Å²) in [6.45, 7) is 2.31. The second-order valence-corrected chi connectivity index (χ2v) is 6.92. The molecule has 0 spiro atoms. The number of carbonyl (C=O) groups is 1. The maximum atomic E-state index is 13.2. The molecule has 0 saturated heterocycles. The van der Waals surface area contributed by atoms with Crippen molar-refractivity contribution in [1.82, 2.24) is 19.9 Å². The van der Waals surface area contributed by atoms with Crippen LogP contribution in [0.5, 0.6) is 5.75 Å². The van der Waals surface area contributed by atoms with Gasteiger partial charge in [0.2, 0.25) is 0 Å². The fourth-order valence-corrected chi connectivity index (χ4v) is 3.17. The fourth-order valence-electron chi connectivity index (χ4n) is 3.17. The van der Waals surface area contributed by atoms with Crippen molar-refractivity contribution in [2.24, 2.45) is 0 Å². The largest absolute Gasteiger partial charge is 0.497 e. The molecule has 1 aliphatic rings. The van der Waals surface area contributed by atoms with Crippen molar-refractivity contribution in [2.75, 3.05) is 7.11 Å². The third kappa shape index (κ3) is 3.60. The number of carbonyl (C=O) groups excluding carboxylic acids is 1. The van der Waals surface area contributed by atoms with Crippen LogP contribution in [0, 0.1) is 12.7 Å². The average Bonchev–Trinajstić information content (AvgIpc) is 3.49. The quantitative estimate of drug-likeness (QED) is 0.656. The second-order valence-electron chi connectivity index (χ2n) is 6.92. The summed E-state index contributed by atoms with van der Waals surface area (Å²) in [5, 5.41) is 8.23. The maximum Gasteiger partial charge on any atom is 0.276 e. The van der Waals surface area contributed by atoms with E-state index in [-0.39, 0.29) is 17.8 Å². The molecular formula is C21H21FN4O2. The number of benzene rings is 2. The van der Waals surface area contributed by atoms with Gasteiger partial charge in [0.05, 0.1) is 18.5 Å². The molecule has 0 atom stereocenters. The Morgan fingerprint density at radius 2 is 1.86 bits per heavy atom. The molecular weight excluding hydrogens is 359 g/mol. The van der Waals surface area contributed by atoms with Crippen molar-refractivity contribution >= 4 is 5.91 Å². The lowest BCUT2D eigenvalue weighted by molar-refractivity contribution is 0.0723. The SMILES string of the molecule is COc1ccc(CN(C(=O)c2nnn(-c3ccc(F)cc3)c2C)C2CC2)cc1. The first-order chi connectivity index (χ1) is 13.6. The normalized spacial score (nSPS) is 13.4. The van der Waals surface area contributed by atoms with E-state index < -0.39 is 0 Å². The Hall–Kier alpha value is -3.22. The van der Waals surface area contributed by atoms with Gasteiger partial charge >= 0.3 is 0 Å². The second kappa shape index (κ2) is 7.42. The third-order valence-electron chi connectivity index (χ3n) is 4.93. The highest BCUT2D eigenvalue weighted by atomic mass is 19.1. The summed E-state index contributed by atoms with van der Waals surface area (Å²) in [4.78, 5) is 15.1. The Bertz CT molecular complexity index is 979. The highest BCUT2D eigenvalue weighted by Gasteiger charge is 2.35. The van der Waals surface area contributed by atoms with Crippen molar-refractivity contribution in [1.29, 1.82) is 0 Å². The standard InChI is InChI=1S/C21H21FN4O2/c1-14-20(23-24-26(14)18-7-5-16(22)6-8-18)21(27)25(17-9-10-17)13-15-3-11-19(28-2)12-4-15/h3-8,11-12,17H,9-10,13H2,1-2H3. The van der Waals surface area contributed by atoms with E-state index in [1.165, 1.54) is 12.1 Å². The van der Waals surface area contributed by atoms with Crippen LogP contribution in [0.25, 0.3) is 5.69 Å². The summed E-state index contributed by atoms with van der Waals surface area (Å²) in [7, 11) is 1.63. The summed E-state index contributed by atoms with van der Waals surface area (Å²) < 4.78 is 19.9. The van der Waals surface area contributed by atoms with Gasteiger partial charge in [0.15, 0.2) is 5.69 Å². The van der Waals surface area contributed by atoms with E-state index in [1.54, 1.807) is 30.8 Å². The number of nitrogens with zero attached hydrogens (tertiary/aromatic N) is 4. The van der Waals surface area contributed by atoms with Gasteiger partial charge in [-0.15, -0.1) is 5.10 Å². The van der Waals surface area contributed by atoms with Crippen LogP contribution in [0.15, 0.2) is 48.5 Å². The summed E-state index contributed by atoms with van der Waals surface area (Å²) in [6.07, 6.45) is 1.99. The molecule has 1 saturated carbocycles. The molecule has 0 unspecified atom stereocenters. The first-order valence-corrected chi connectivity index (χ1v) is 9.19. The molecule has 0 radical (unpaired) electrons. The summed E-state index contributed by atoms with van der Waals surface area (Å²) in [5.41, 5.74) is 2.66. The molecule has 2 aromatic carbocycles. The van der Waals surface area contributed by atoms with E-state index in [9.17, 15) is 9.18 Å². The van der Waals surface area contributed by atoms with Crippen molar-refractivity contribution in [3.63, 3.8) is 0 Å². The molecule has 0 N–H and O–H groups in total. The van der Waals surface area contributed by atoms with Gasteiger partial charge in [-0.1, -0.05) is 17.3 Å². The van der Waals surface area contributed by atoms with Crippen molar-refractivity contribution in [2.45, 2.75) is 32.4 Å². The van der Waals surface area contributed by atoms with Crippen LogP contribution in [0.3, 0.4) is 0 Å². The monoisotopic (exact) mass is 380 g/mol. The lowest BCUT2D eigenvalue weighted by Gasteiger charge is -2.22. The molecule has 7 heteroatoms. The predicted octanol–water partition coefficient (Wildman–Crippen LogP) is 3.53. The Morgan fingerprint density at radius 3 is 2.46 bits per heavy atom. The number of hydrogen-bond acceptors (Lipinski definition) is 4. The molecule has 1 fully saturated rings. The maximum absolute atomic E-state index is 13.2. The van der Waals surface area contributed by atoms with E-state index in [4.69, 9.17) is 4.74 Å². The van der Waals surface area contributed by atoms with Gasteiger partial charge in [-0.25, -0.2) is 9.07 Å². The molecule has 1 aliphatic carbocycles. The van der Waals surface area contributed by atoms with E-state index in [1.807, 2.05) is 29.2 Å². The smallest absolute Gasteiger partial charge is 0.276 e. The molecule has 144 valence electrons. The zero-order valence-electron chi connectivity index (χ0n) is 15.8. The van der Waals surface area contributed by atoms with Crippen LogP contribution < -0.4 is 4.74 Å². The first-order valence-electron chi connectivity index (χ1n) is 9.19. The van der Waals surface area contributed by atoms with Gasteiger partial charge in [-0.2, -0.15) is 0 Å². The minimum atomic E-state index is -0.322. The topological polar surface area (TPSA) is 60.2 Å². The lowest BCUT2D eigenvalue weighted by Crippen LogP contribution is -2.33. The molecule has 28 heavy (non-hydrogen) atoms. The van der Waals surface area contributed by atoms with Crippen molar-refractivity contribution in [3.05, 3.63) is 71.3 Å². The number of hydrogen-bond donors (Lipinski definition) is 0. The van der Waals surface area contributed by atoms with E-state index in [0.717, 1.165) is 24.2 Å². The minimum Gasteiger partial charge on any atom is -0.497 e. The van der Waals surface area contributed by atoms with Crippen LogP contribution >= 0.6 is 0 Å². The number of ether oxygens (including phenoxy) is 1. The third-order valence-corrected chi connectivity index (χ3v) is 4.93. The van der Waals surface area contributed by atoms with Crippen LogP contribution in [0.4, 0.5) is 4.39 Å². The van der Waals surface area contributed by atoms with Gasteiger partial charge in [0, 0.05) is 12.6 Å². The average molecular weight is 380 g/mol. The summed E-state index contributed by atoms with van der Waals surface area (Å²) in [5.74, 6) is 0.326. The molecule has 6 nitrogen and oxygen atoms in total. The Kier molecular flexibility index (Phi) is 4.81. The summed E-state index contributed by atoms with van der Waals surface area (Å²) in [6, 6.07) is 13.9. The predicted molar refractivity (Wildman–Crippen MR) is 102 cm³/mol. The van der Waals surface area contributed by atoms with Gasteiger partial charge in [0.25, 0.3) is 5.91 Å². The highest BCUT2D eigenvalue weighted by Crippen LogP contribution is 2.30. The highest BCUT2D eigenvalue weighted by molar-refractivity contribution is 5.93.